The molecule has 0 spiro atoms. The summed E-state index contributed by atoms with van der Waals surface area (Å²) in [6, 6.07) is 11.3. The van der Waals surface area contributed by atoms with Crippen LogP contribution in [0, 0.1) is 5.82 Å². The van der Waals surface area contributed by atoms with Crippen LogP contribution in [0.4, 0.5) is 4.39 Å². The first kappa shape index (κ1) is 18.7. The van der Waals surface area contributed by atoms with Crippen molar-refractivity contribution in [1.82, 2.24) is 10.2 Å². The lowest BCUT2D eigenvalue weighted by Gasteiger charge is -2.20. The van der Waals surface area contributed by atoms with Crippen molar-refractivity contribution in [2.45, 2.75) is 19.5 Å². The molecule has 0 bridgehead atoms. The summed E-state index contributed by atoms with van der Waals surface area (Å²) in [6.45, 7) is 2.55. The molecular weight excluding hydrogens is 350 g/mol. The first-order chi connectivity index (χ1) is 11.3. The minimum Gasteiger partial charge on any atom is -0.348 e. The standard InChI is InChI=1S/C18H19Cl2FN2O/c1-12(16-7-6-14(19)9-17(16)20)22-18(24)11-23(2)10-13-4-3-5-15(21)8-13/h3-9,12H,10-11H2,1-2H3,(H,22,24)/t12-/m0/s1. The molecule has 2 aromatic rings. The number of rotatable bonds is 6. The first-order valence-electron chi connectivity index (χ1n) is 7.52. The molecule has 0 aliphatic heterocycles. The Labute approximate surface area is 151 Å². The highest BCUT2D eigenvalue weighted by atomic mass is 35.5. The molecule has 0 saturated carbocycles. The molecule has 2 rings (SSSR count). The predicted molar refractivity (Wildman–Crippen MR) is 95.8 cm³/mol. The van der Waals surface area contributed by atoms with Crippen LogP contribution in [0.3, 0.4) is 0 Å². The van der Waals surface area contributed by atoms with E-state index in [1.54, 1.807) is 24.3 Å². The molecule has 2 aromatic carbocycles. The van der Waals surface area contributed by atoms with Gasteiger partial charge in [-0.05, 0) is 49.4 Å². The van der Waals surface area contributed by atoms with E-state index in [9.17, 15) is 9.18 Å². The van der Waals surface area contributed by atoms with Gasteiger partial charge in [0.1, 0.15) is 5.82 Å². The van der Waals surface area contributed by atoms with Crippen LogP contribution >= 0.6 is 23.2 Å². The quantitative estimate of drug-likeness (QED) is 0.817. The van der Waals surface area contributed by atoms with Crippen LogP contribution in [0.2, 0.25) is 10.0 Å². The fourth-order valence-corrected chi connectivity index (χ4v) is 3.04. The number of hydrogen-bond acceptors (Lipinski definition) is 2. The van der Waals surface area contributed by atoms with Gasteiger partial charge in [-0.15, -0.1) is 0 Å². The number of nitrogens with zero attached hydrogens (tertiary/aromatic N) is 1. The van der Waals surface area contributed by atoms with Gasteiger partial charge in [-0.3, -0.25) is 9.69 Å². The first-order valence-corrected chi connectivity index (χ1v) is 8.28. The van der Waals surface area contributed by atoms with Crippen LogP contribution in [0.15, 0.2) is 42.5 Å². The smallest absolute Gasteiger partial charge is 0.234 e. The fourth-order valence-electron chi connectivity index (χ4n) is 2.47. The van der Waals surface area contributed by atoms with Gasteiger partial charge in [0.25, 0.3) is 0 Å². The van der Waals surface area contributed by atoms with Crippen molar-refractivity contribution in [1.29, 1.82) is 0 Å². The minimum absolute atomic E-state index is 0.132. The lowest BCUT2D eigenvalue weighted by molar-refractivity contribution is -0.122. The highest BCUT2D eigenvalue weighted by molar-refractivity contribution is 6.35. The van der Waals surface area contributed by atoms with Crippen molar-refractivity contribution in [2.24, 2.45) is 0 Å². The Morgan fingerprint density at radius 2 is 2.00 bits per heavy atom. The molecule has 1 N–H and O–H groups in total. The summed E-state index contributed by atoms with van der Waals surface area (Å²) in [7, 11) is 1.81. The van der Waals surface area contributed by atoms with Gasteiger partial charge < -0.3 is 5.32 Å². The molecule has 1 amide bonds. The van der Waals surface area contributed by atoms with Gasteiger partial charge >= 0.3 is 0 Å². The maximum Gasteiger partial charge on any atom is 0.234 e. The summed E-state index contributed by atoms with van der Waals surface area (Å²) >= 11 is 12.0. The fraction of sp³-hybridized carbons (Fsp3) is 0.278. The van der Waals surface area contributed by atoms with E-state index < -0.39 is 0 Å². The molecule has 128 valence electrons. The number of carbonyl (C=O) groups is 1. The lowest BCUT2D eigenvalue weighted by Crippen LogP contribution is -2.36. The monoisotopic (exact) mass is 368 g/mol. The maximum absolute atomic E-state index is 13.2. The van der Waals surface area contributed by atoms with Crippen molar-refractivity contribution in [2.75, 3.05) is 13.6 Å². The van der Waals surface area contributed by atoms with Crippen molar-refractivity contribution in [3.05, 3.63) is 69.5 Å². The zero-order valence-electron chi connectivity index (χ0n) is 13.5. The average Bonchev–Trinajstić information content (AvgIpc) is 2.46. The van der Waals surface area contributed by atoms with Crippen LogP contribution in [0.1, 0.15) is 24.1 Å². The summed E-state index contributed by atoms with van der Waals surface area (Å²) in [6.07, 6.45) is 0. The highest BCUT2D eigenvalue weighted by Gasteiger charge is 2.14. The summed E-state index contributed by atoms with van der Waals surface area (Å²) in [5, 5.41) is 3.97. The molecule has 0 heterocycles. The minimum atomic E-state index is -0.281. The number of carbonyl (C=O) groups excluding carboxylic acids is 1. The van der Waals surface area contributed by atoms with Crippen molar-refractivity contribution in [3.8, 4) is 0 Å². The van der Waals surface area contributed by atoms with Gasteiger partial charge in [-0.2, -0.15) is 0 Å². The van der Waals surface area contributed by atoms with Crippen LogP contribution in [0.5, 0.6) is 0 Å². The van der Waals surface area contributed by atoms with Crippen LogP contribution in [0.25, 0.3) is 0 Å². The van der Waals surface area contributed by atoms with E-state index in [1.807, 2.05) is 24.9 Å². The molecule has 0 fully saturated rings. The average molecular weight is 369 g/mol. The number of hydrogen-bond donors (Lipinski definition) is 1. The van der Waals surface area contributed by atoms with Gasteiger partial charge in [0.05, 0.1) is 12.6 Å². The molecule has 0 unspecified atom stereocenters. The normalized spacial score (nSPS) is 12.2. The Morgan fingerprint density at radius 3 is 2.67 bits per heavy atom. The van der Waals surface area contributed by atoms with E-state index in [1.165, 1.54) is 12.1 Å². The molecule has 0 radical (unpaired) electrons. The Kier molecular flexibility index (Phi) is 6.60. The Morgan fingerprint density at radius 1 is 1.25 bits per heavy atom. The van der Waals surface area contributed by atoms with E-state index in [4.69, 9.17) is 23.2 Å². The number of halogens is 3. The Hall–Kier alpha value is -1.62. The van der Waals surface area contributed by atoms with Crippen molar-refractivity contribution >= 4 is 29.1 Å². The topological polar surface area (TPSA) is 32.3 Å². The van der Waals surface area contributed by atoms with Crippen molar-refractivity contribution < 1.29 is 9.18 Å². The van der Waals surface area contributed by atoms with Crippen LogP contribution in [-0.2, 0) is 11.3 Å². The van der Waals surface area contributed by atoms with Gasteiger partial charge in [0.15, 0.2) is 0 Å². The third-order valence-electron chi connectivity index (χ3n) is 3.56. The second-order valence-electron chi connectivity index (χ2n) is 5.76. The van der Waals surface area contributed by atoms with E-state index in [-0.39, 0.29) is 24.3 Å². The van der Waals surface area contributed by atoms with Crippen molar-refractivity contribution in [3.63, 3.8) is 0 Å². The van der Waals surface area contributed by atoms with E-state index in [2.05, 4.69) is 5.32 Å². The van der Waals surface area contributed by atoms with Gasteiger partial charge in [0, 0.05) is 16.6 Å². The molecule has 6 heteroatoms. The third kappa shape index (κ3) is 5.48. The number of likely N-dealkylation sites (N-methyl/N-ethyl adjacent to an activating group) is 1. The molecule has 1 atom stereocenters. The van der Waals surface area contributed by atoms with Gasteiger partial charge in [-0.1, -0.05) is 41.4 Å². The number of amides is 1. The zero-order valence-corrected chi connectivity index (χ0v) is 15.0. The summed E-state index contributed by atoms with van der Waals surface area (Å²) < 4.78 is 13.2. The predicted octanol–water partition coefficient (Wildman–Crippen LogP) is 4.44. The SMILES string of the molecule is C[C@H](NC(=O)CN(C)Cc1cccc(F)c1)c1ccc(Cl)cc1Cl. The number of benzene rings is 2. The van der Waals surface area contributed by atoms with E-state index in [0.717, 1.165) is 11.1 Å². The second kappa shape index (κ2) is 8.47. The summed E-state index contributed by atoms with van der Waals surface area (Å²) in [5.41, 5.74) is 1.63. The third-order valence-corrected chi connectivity index (χ3v) is 4.12. The number of nitrogens with one attached hydrogen (secondary N) is 1. The maximum atomic E-state index is 13.2. The second-order valence-corrected chi connectivity index (χ2v) is 6.60. The van der Waals surface area contributed by atoms with E-state index in [0.29, 0.717) is 16.6 Å². The molecule has 0 saturated heterocycles. The molecule has 0 aliphatic rings. The molecule has 3 nitrogen and oxygen atoms in total. The highest BCUT2D eigenvalue weighted by Crippen LogP contribution is 2.26. The zero-order chi connectivity index (χ0) is 17.7. The lowest BCUT2D eigenvalue weighted by atomic mass is 10.1. The van der Waals surface area contributed by atoms with E-state index >= 15 is 0 Å². The Balaban J connectivity index is 1.90. The summed E-state index contributed by atoms with van der Waals surface area (Å²) in [4.78, 5) is 14.0. The summed E-state index contributed by atoms with van der Waals surface area (Å²) in [5.74, 6) is -0.413. The molecule has 0 aromatic heterocycles. The van der Waals surface area contributed by atoms with Gasteiger partial charge in [-0.25, -0.2) is 4.39 Å². The van der Waals surface area contributed by atoms with Crippen LogP contribution in [-0.4, -0.2) is 24.4 Å². The molecule has 0 aliphatic carbocycles. The molecular formula is C18H19Cl2FN2O. The molecule has 24 heavy (non-hydrogen) atoms. The largest absolute Gasteiger partial charge is 0.348 e. The van der Waals surface area contributed by atoms with Crippen LogP contribution < -0.4 is 5.32 Å². The Bertz CT molecular complexity index is 724. The van der Waals surface area contributed by atoms with Gasteiger partial charge in [0.2, 0.25) is 5.91 Å².